The number of fused-ring (bicyclic) bond motifs is 2. The molecule has 1 aliphatic heterocycles. The third-order valence-corrected chi connectivity index (χ3v) is 5.32. The molecule has 0 bridgehead atoms. The number of rotatable bonds is 3. The highest BCUT2D eigenvalue weighted by molar-refractivity contribution is 6.08. The van der Waals surface area contributed by atoms with Crippen LogP contribution >= 0.6 is 0 Å². The van der Waals surface area contributed by atoms with Crippen LogP contribution in [0.4, 0.5) is 5.69 Å². The third kappa shape index (κ3) is 4.20. The fourth-order valence-electron chi connectivity index (χ4n) is 3.91. The molecule has 0 fully saturated rings. The van der Waals surface area contributed by atoms with Gasteiger partial charge in [0.05, 0.1) is 35.0 Å². The Balaban J connectivity index is 1.74. The van der Waals surface area contributed by atoms with E-state index < -0.39 is 0 Å². The van der Waals surface area contributed by atoms with Crippen molar-refractivity contribution in [3.05, 3.63) is 65.4 Å². The number of nitrogens with one attached hydrogen (secondary N) is 1. The number of anilines is 1. The zero-order chi connectivity index (χ0) is 22.0. The zero-order valence-electron chi connectivity index (χ0n) is 18.4. The highest BCUT2D eigenvalue weighted by atomic mass is 16.5. The zero-order valence-corrected chi connectivity index (χ0v) is 18.4. The molecule has 0 unspecified atom stereocenters. The molecule has 2 heterocycles. The summed E-state index contributed by atoms with van der Waals surface area (Å²) in [5, 5.41) is 4.11. The Labute approximate surface area is 183 Å². The van der Waals surface area contributed by atoms with Gasteiger partial charge in [-0.2, -0.15) is 0 Å². The summed E-state index contributed by atoms with van der Waals surface area (Å²) in [7, 11) is 3.89. The Morgan fingerprint density at radius 1 is 1.19 bits per heavy atom. The molecule has 3 aromatic rings. The number of amides is 1. The first-order valence-electron chi connectivity index (χ1n) is 10.6. The Hall–Kier alpha value is -3.52. The summed E-state index contributed by atoms with van der Waals surface area (Å²) >= 11 is 0. The molecule has 5 nitrogen and oxygen atoms in total. The first kappa shape index (κ1) is 20.7. The van der Waals surface area contributed by atoms with E-state index in [-0.39, 0.29) is 17.9 Å². The van der Waals surface area contributed by atoms with Gasteiger partial charge in [-0.1, -0.05) is 56.0 Å². The van der Waals surface area contributed by atoms with Crippen molar-refractivity contribution in [2.75, 3.05) is 25.6 Å². The molecule has 4 rings (SSSR count). The number of pyridine rings is 1. The van der Waals surface area contributed by atoms with Crippen LogP contribution in [-0.4, -0.2) is 31.6 Å². The van der Waals surface area contributed by atoms with Crippen molar-refractivity contribution in [1.82, 2.24) is 10.3 Å². The number of nitrogens with zero attached hydrogens (tertiary/aromatic N) is 2. The van der Waals surface area contributed by atoms with Gasteiger partial charge in [-0.3, -0.25) is 9.78 Å². The molecule has 0 spiro atoms. The summed E-state index contributed by atoms with van der Waals surface area (Å²) in [5.74, 6) is 7.41. The van der Waals surface area contributed by atoms with Crippen molar-refractivity contribution in [2.24, 2.45) is 5.92 Å². The van der Waals surface area contributed by atoms with Crippen LogP contribution in [0.5, 0.6) is 5.75 Å². The van der Waals surface area contributed by atoms with Gasteiger partial charge in [0.15, 0.2) is 0 Å². The molecular weight excluding hydrogens is 386 g/mol. The second kappa shape index (κ2) is 8.69. The molecule has 0 saturated heterocycles. The van der Waals surface area contributed by atoms with E-state index in [4.69, 9.17) is 4.74 Å². The molecule has 0 saturated carbocycles. The summed E-state index contributed by atoms with van der Waals surface area (Å²) in [6.45, 7) is 4.71. The van der Waals surface area contributed by atoms with Gasteiger partial charge in [0.1, 0.15) is 5.75 Å². The van der Waals surface area contributed by atoms with E-state index in [2.05, 4.69) is 36.0 Å². The molecule has 0 radical (unpaired) electrons. The van der Waals surface area contributed by atoms with Crippen LogP contribution in [0.2, 0.25) is 0 Å². The minimum absolute atomic E-state index is 0.0913. The summed E-state index contributed by atoms with van der Waals surface area (Å²) in [4.78, 5) is 20.0. The lowest BCUT2D eigenvalue weighted by Crippen LogP contribution is -2.33. The predicted molar refractivity (Wildman–Crippen MR) is 125 cm³/mol. The SMILES string of the molecule is CC(C)C#Cc1cccc2c(N(C)C)c(C(=O)N[C@H]3CCOc4ccccc43)cnc12. The number of carbonyl (C=O) groups excluding carboxylic acids is 1. The standard InChI is InChI=1S/C26H27N3O2/c1-17(2)12-13-18-8-7-10-20-24(18)27-16-21(25(20)29(3)4)26(30)28-22-14-15-31-23-11-6-5-9-19(22)23/h5-11,16-17,22H,14-15H2,1-4H3,(H,28,30)/t22-/m0/s1. The fraction of sp³-hybridized carbons (Fsp3) is 0.308. The van der Waals surface area contributed by atoms with Gasteiger partial charge in [-0.25, -0.2) is 0 Å². The summed E-state index contributed by atoms with van der Waals surface area (Å²) in [6, 6.07) is 13.7. The van der Waals surface area contributed by atoms with Crippen molar-refractivity contribution in [3.8, 4) is 17.6 Å². The van der Waals surface area contributed by atoms with Gasteiger partial charge >= 0.3 is 0 Å². The van der Waals surface area contributed by atoms with Crippen LogP contribution in [0.25, 0.3) is 10.9 Å². The van der Waals surface area contributed by atoms with Crippen molar-refractivity contribution >= 4 is 22.5 Å². The average Bonchev–Trinajstić information content (AvgIpc) is 2.76. The summed E-state index contributed by atoms with van der Waals surface area (Å²) in [6.07, 6.45) is 2.40. The molecule has 0 aliphatic carbocycles. The topological polar surface area (TPSA) is 54.5 Å². The molecule has 1 N–H and O–H groups in total. The highest BCUT2D eigenvalue weighted by Gasteiger charge is 2.25. The fourth-order valence-corrected chi connectivity index (χ4v) is 3.91. The number of para-hydroxylation sites is 2. The maximum Gasteiger partial charge on any atom is 0.255 e. The Bertz CT molecular complexity index is 1190. The highest BCUT2D eigenvalue weighted by Crippen LogP contribution is 2.33. The lowest BCUT2D eigenvalue weighted by Gasteiger charge is -2.27. The smallest absolute Gasteiger partial charge is 0.255 e. The van der Waals surface area contributed by atoms with Crippen molar-refractivity contribution in [1.29, 1.82) is 0 Å². The van der Waals surface area contributed by atoms with Gasteiger partial charge in [0.2, 0.25) is 0 Å². The van der Waals surface area contributed by atoms with Crippen LogP contribution in [0.1, 0.15) is 47.8 Å². The van der Waals surface area contributed by atoms with E-state index in [1.165, 1.54) is 0 Å². The summed E-state index contributed by atoms with van der Waals surface area (Å²) < 4.78 is 5.73. The monoisotopic (exact) mass is 413 g/mol. The molecule has 5 heteroatoms. The Morgan fingerprint density at radius 2 is 2.00 bits per heavy atom. The lowest BCUT2D eigenvalue weighted by atomic mass is 9.99. The van der Waals surface area contributed by atoms with E-state index in [0.29, 0.717) is 12.2 Å². The van der Waals surface area contributed by atoms with E-state index in [1.54, 1.807) is 6.20 Å². The Morgan fingerprint density at radius 3 is 2.77 bits per heavy atom. The molecule has 31 heavy (non-hydrogen) atoms. The van der Waals surface area contributed by atoms with E-state index in [1.807, 2.05) is 61.5 Å². The van der Waals surface area contributed by atoms with Gasteiger partial charge in [0, 0.05) is 43.6 Å². The van der Waals surface area contributed by atoms with E-state index >= 15 is 0 Å². The third-order valence-electron chi connectivity index (χ3n) is 5.32. The number of hydrogen-bond donors (Lipinski definition) is 1. The number of benzene rings is 2. The molecule has 1 atom stereocenters. The molecule has 1 aliphatic rings. The lowest BCUT2D eigenvalue weighted by molar-refractivity contribution is 0.0925. The maximum atomic E-state index is 13.3. The average molecular weight is 414 g/mol. The van der Waals surface area contributed by atoms with Crippen molar-refractivity contribution < 1.29 is 9.53 Å². The van der Waals surface area contributed by atoms with E-state index in [0.717, 1.165) is 39.9 Å². The molecule has 158 valence electrons. The van der Waals surface area contributed by atoms with Crippen LogP contribution in [0.3, 0.4) is 0 Å². The maximum absolute atomic E-state index is 13.3. The second-order valence-corrected chi connectivity index (χ2v) is 8.24. The molecule has 1 aromatic heterocycles. The first-order valence-corrected chi connectivity index (χ1v) is 10.6. The number of ether oxygens (including phenoxy) is 1. The number of carbonyl (C=O) groups is 1. The van der Waals surface area contributed by atoms with Crippen LogP contribution in [0.15, 0.2) is 48.7 Å². The predicted octanol–water partition coefficient (Wildman–Crippen LogP) is 4.56. The van der Waals surface area contributed by atoms with Crippen LogP contribution in [0, 0.1) is 17.8 Å². The first-order chi connectivity index (χ1) is 15.0. The van der Waals surface area contributed by atoms with Crippen LogP contribution < -0.4 is 15.0 Å². The second-order valence-electron chi connectivity index (χ2n) is 8.24. The number of hydrogen-bond acceptors (Lipinski definition) is 4. The quantitative estimate of drug-likeness (QED) is 0.640. The molecular formula is C26H27N3O2. The van der Waals surface area contributed by atoms with Crippen molar-refractivity contribution in [3.63, 3.8) is 0 Å². The minimum atomic E-state index is -0.140. The minimum Gasteiger partial charge on any atom is -0.493 e. The largest absolute Gasteiger partial charge is 0.493 e. The normalized spacial score (nSPS) is 14.9. The van der Waals surface area contributed by atoms with Gasteiger partial charge in [-0.15, -0.1) is 0 Å². The molecule has 1 amide bonds. The van der Waals surface area contributed by atoms with Gasteiger partial charge in [0.25, 0.3) is 5.91 Å². The Kier molecular flexibility index (Phi) is 5.81. The molecule has 2 aromatic carbocycles. The van der Waals surface area contributed by atoms with Crippen molar-refractivity contribution in [2.45, 2.75) is 26.3 Å². The van der Waals surface area contributed by atoms with Crippen LogP contribution in [-0.2, 0) is 0 Å². The van der Waals surface area contributed by atoms with E-state index in [9.17, 15) is 4.79 Å². The summed E-state index contributed by atoms with van der Waals surface area (Å²) in [5.41, 5.74) is 4.09. The van der Waals surface area contributed by atoms with Gasteiger partial charge < -0.3 is 15.0 Å². The number of aromatic nitrogens is 1. The van der Waals surface area contributed by atoms with Gasteiger partial charge in [-0.05, 0) is 12.1 Å².